The number of thiol groups is 1. The molecule has 1 nitrogen and oxygen atoms in total. The van der Waals surface area contributed by atoms with E-state index < -0.39 is 0 Å². The molecule has 0 fully saturated rings. The normalized spacial score (nSPS) is 3.00. The second-order valence-electron chi connectivity index (χ2n) is 0.100. The van der Waals surface area contributed by atoms with Gasteiger partial charge in [0, 0.05) is 0 Å². The van der Waals surface area contributed by atoms with Crippen LogP contribution in [-0.2, 0) is 18.9 Å². The second-order valence-corrected chi connectivity index (χ2v) is 0.300. The van der Waals surface area contributed by atoms with E-state index in [-0.39, 0.29) is 0 Å². The molecular weight excluding hydrogens is 246 g/mol. The molecule has 0 saturated carbocycles. The summed E-state index contributed by atoms with van der Waals surface area (Å²) in [5.41, 5.74) is 0. The van der Waals surface area contributed by atoms with Gasteiger partial charge < -0.3 is 0 Å². The van der Waals surface area contributed by atoms with Gasteiger partial charge in [-0.25, -0.2) is 0 Å². The van der Waals surface area contributed by atoms with Gasteiger partial charge in [-0.05, 0) is 0 Å². The van der Waals surface area contributed by atoms with Crippen molar-refractivity contribution in [2.45, 2.75) is 0 Å². The molecule has 0 atom stereocenters. The molecule has 0 aliphatic heterocycles. The summed E-state index contributed by atoms with van der Waals surface area (Å²) in [5, 5.41) is 8.63. The minimum atomic E-state index is 1.44. The van der Waals surface area contributed by atoms with Crippen molar-refractivity contribution in [3.63, 3.8) is 0 Å². The molecule has 0 saturated heterocycles. The minimum absolute atomic E-state index is 1.44. The van der Waals surface area contributed by atoms with Crippen LogP contribution < -0.4 is 0 Å². The molecule has 0 aliphatic carbocycles. The molecule has 0 rings (SSSR count). The molecule has 0 radical (unpaired) electrons. The van der Waals surface area contributed by atoms with E-state index in [1.165, 1.54) is 5.40 Å². The number of rotatable bonds is 0. The summed E-state index contributed by atoms with van der Waals surface area (Å²) in [5.74, 6) is 0. The Morgan fingerprint density at radius 2 is 1.80 bits per heavy atom. The van der Waals surface area contributed by atoms with Gasteiger partial charge in [-0.2, -0.15) is 5.26 Å². The van der Waals surface area contributed by atoms with Crippen molar-refractivity contribution in [3.8, 4) is 5.40 Å². The topological polar surface area (TPSA) is 23.8 Å². The van der Waals surface area contributed by atoms with Crippen LogP contribution in [0, 0.1) is 10.7 Å². The Balaban J connectivity index is 0. The van der Waals surface area contributed by atoms with Gasteiger partial charge in [-0.1, -0.05) is 12.6 Å². The molecule has 0 aromatic carbocycles. The van der Waals surface area contributed by atoms with Gasteiger partial charge in [-0.3, -0.25) is 0 Å². The van der Waals surface area contributed by atoms with Crippen molar-refractivity contribution in [2.75, 3.05) is 0 Å². The second kappa shape index (κ2) is 19.7. The summed E-state index contributed by atoms with van der Waals surface area (Å²) in [7, 11) is 0. The van der Waals surface area contributed by atoms with E-state index in [9.17, 15) is 0 Å². The van der Waals surface area contributed by atoms with Gasteiger partial charge in [0.05, 0.1) is 0 Å². The van der Waals surface area contributed by atoms with E-state index in [1.54, 1.807) is 0 Å². The molecule has 4 heteroatoms. The third-order valence-corrected chi connectivity index (χ3v) is 0. The molecule has 5 heavy (non-hydrogen) atoms. The first-order chi connectivity index (χ1) is 2.41. The SMILES string of the molecule is N#CS.[Br][Ag]. The van der Waals surface area contributed by atoms with Gasteiger partial charge in [-0.15, -0.1) is 0 Å². The molecule has 0 bridgehead atoms. The number of halogens is 1. The molecule has 0 aliphatic rings. The Morgan fingerprint density at radius 3 is 1.80 bits per heavy atom. The van der Waals surface area contributed by atoms with E-state index in [0.717, 1.165) is 0 Å². The first kappa shape index (κ1) is 9.41. The van der Waals surface area contributed by atoms with Crippen molar-refractivity contribution >= 4 is 25.7 Å². The van der Waals surface area contributed by atoms with Crippen molar-refractivity contribution in [1.29, 1.82) is 5.26 Å². The van der Waals surface area contributed by atoms with Gasteiger partial charge in [0.1, 0.15) is 5.40 Å². The fourth-order valence-corrected chi connectivity index (χ4v) is 0. The van der Waals surface area contributed by atoms with Gasteiger partial charge in [0.15, 0.2) is 0 Å². The summed E-state index contributed by atoms with van der Waals surface area (Å²) >= 11 is 8.60. The zero-order valence-corrected chi connectivity index (χ0v) is 6.04. The van der Waals surface area contributed by atoms with Crippen LogP contribution >= 0.6 is 25.7 Å². The predicted molar refractivity (Wildman–Crippen MR) is 23.5 cm³/mol. The average Bonchev–Trinajstić information content (AvgIpc) is 1.46. The van der Waals surface area contributed by atoms with E-state index in [0.29, 0.717) is 0 Å². The molecular formula is CHAgBrNS. The van der Waals surface area contributed by atoms with E-state index in [4.69, 9.17) is 5.26 Å². The number of nitrogens with zero attached hydrogens (tertiary/aromatic N) is 1. The van der Waals surface area contributed by atoms with Gasteiger partial charge in [0.2, 0.25) is 0 Å². The maximum atomic E-state index is 7.18. The summed E-state index contributed by atoms with van der Waals surface area (Å²) in [6.45, 7) is 0. The van der Waals surface area contributed by atoms with Crippen LogP contribution in [-0.4, -0.2) is 0 Å². The maximum absolute atomic E-state index is 7.18. The summed E-state index contributed by atoms with van der Waals surface area (Å²) in [6.07, 6.45) is 0. The first-order valence-electron chi connectivity index (χ1n) is 0.561. The molecule has 0 aromatic rings. The fraction of sp³-hybridized carbons (Fsp3) is 0. The standard InChI is InChI=1S/CHNS.Ag.BrH/c2-1-3;;/h3H;;1H/q;+1;/p-1. The van der Waals surface area contributed by atoms with Crippen molar-refractivity contribution in [3.05, 3.63) is 0 Å². The summed E-state index contributed by atoms with van der Waals surface area (Å²) < 4.78 is 0. The number of hydrogen-bond acceptors (Lipinski definition) is 2. The molecule has 0 heterocycles. The molecule has 34 valence electrons. The Bertz CT molecular complexity index is 33.1. The predicted octanol–water partition coefficient (Wildman–Crippen LogP) is 1.24. The van der Waals surface area contributed by atoms with Crippen molar-refractivity contribution in [2.24, 2.45) is 0 Å². The van der Waals surface area contributed by atoms with E-state index in [2.05, 4.69) is 44.6 Å². The zero-order valence-electron chi connectivity index (χ0n) is 2.07. The quantitative estimate of drug-likeness (QED) is 0.388. The monoisotopic (exact) mass is 245 g/mol. The van der Waals surface area contributed by atoms with Crippen LogP contribution in [0.4, 0.5) is 0 Å². The third-order valence-electron chi connectivity index (χ3n) is 0. The Kier molecular flexibility index (Phi) is 37.0. The Labute approximate surface area is 55.0 Å². The number of hydrogen-bond donors (Lipinski definition) is 1. The number of thiocyanates is 1. The van der Waals surface area contributed by atoms with E-state index >= 15 is 0 Å². The molecule has 0 amide bonds. The fourth-order valence-electron chi connectivity index (χ4n) is 0. The molecule has 0 aromatic heterocycles. The van der Waals surface area contributed by atoms with Gasteiger partial charge >= 0.3 is 32.0 Å². The third kappa shape index (κ3) is 42.2. The summed E-state index contributed by atoms with van der Waals surface area (Å²) in [4.78, 5) is 0. The van der Waals surface area contributed by atoms with Crippen molar-refractivity contribution < 1.29 is 18.9 Å². The Morgan fingerprint density at radius 1 is 1.80 bits per heavy atom. The van der Waals surface area contributed by atoms with Gasteiger partial charge in [0.25, 0.3) is 0 Å². The first-order valence-corrected chi connectivity index (χ1v) is 4.40. The van der Waals surface area contributed by atoms with Crippen LogP contribution in [0.5, 0.6) is 0 Å². The van der Waals surface area contributed by atoms with Crippen LogP contribution in [0.1, 0.15) is 0 Å². The Hall–Kier alpha value is 1.06. The number of nitriles is 1. The van der Waals surface area contributed by atoms with Crippen LogP contribution in [0.2, 0.25) is 0 Å². The van der Waals surface area contributed by atoms with Crippen LogP contribution in [0.25, 0.3) is 0 Å². The van der Waals surface area contributed by atoms with E-state index in [1.807, 2.05) is 0 Å². The van der Waals surface area contributed by atoms with Crippen molar-refractivity contribution in [1.82, 2.24) is 0 Å². The van der Waals surface area contributed by atoms with Crippen LogP contribution in [0.15, 0.2) is 0 Å². The molecule has 0 unspecified atom stereocenters. The zero-order chi connectivity index (χ0) is 4.71. The van der Waals surface area contributed by atoms with Crippen LogP contribution in [0.3, 0.4) is 0 Å². The molecule has 0 N–H and O–H groups in total. The summed E-state index contributed by atoms with van der Waals surface area (Å²) in [6, 6.07) is 0. The molecule has 0 spiro atoms. The average molecular weight is 247 g/mol.